The third-order valence-electron chi connectivity index (χ3n) is 6.52. The van der Waals surface area contributed by atoms with Gasteiger partial charge in [0.2, 0.25) is 5.91 Å². The second-order valence-corrected chi connectivity index (χ2v) is 10.5. The van der Waals surface area contributed by atoms with E-state index in [0.717, 1.165) is 12.1 Å². The summed E-state index contributed by atoms with van der Waals surface area (Å²) in [4.78, 5) is 44.6. The molecule has 210 valence electrons. The average Bonchev–Trinajstić information content (AvgIpc) is 3.19. The van der Waals surface area contributed by atoms with Gasteiger partial charge in [-0.2, -0.15) is 13.2 Å². The first-order valence-corrected chi connectivity index (χ1v) is 12.5. The molecule has 1 N–H and O–H groups in total. The number of hydrogen-bond donors (Lipinski definition) is 1. The standard InChI is InChI=1S/C27H31F3N4O5/c1-26(2,3)39-25(38)32-13-11-31(12-14-32)23(36)17-33-16-22(18-5-4-6-19(15-18)27(28,29)30)34(24(33)37)20-7-9-21(35)10-8-20/h4-10,15,22,35H,11-14,16-17H2,1-3H3/t22-/m1/s1. The molecule has 12 heteroatoms. The number of carbonyl (C=O) groups excluding carboxylic acids is 3. The number of urea groups is 1. The smallest absolute Gasteiger partial charge is 0.416 e. The van der Waals surface area contributed by atoms with Crippen LogP contribution in [-0.4, -0.2) is 82.7 Å². The SMILES string of the molecule is CC(C)(C)OC(=O)N1CCN(C(=O)CN2C[C@H](c3cccc(C(F)(F)F)c3)N(c3ccc(O)cc3)C2=O)CC1. The maximum Gasteiger partial charge on any atom is 0.416 e. The van der Waals surface area contributed by atoms with E-state index in [1.165, 1.54) is 51.1 Å². The molecule has 4 amide bonds. The highest BCUT2D eigenvalue weighted by molar-refractivity contribution is 5.97. The van der Waals surface area contributed by atoms with Crippen LogP contribution in [0.4, 0.5) is 28.4 Å². The van der Waals surface area contributed by atoms with E-state index in [-0.39, 0.29) is 56.5 Å². The van der Waals surface area contributed by atoms with E-state index in [0.29, 0.717) is 5.69 Å². The van der Waals surface area contributed by atoms with Crippen LogP contribution >= 0.6 is 0 Å². The fourth-order valence-electron chi connectivity index (χ4n) is 4.59. The van der Waals surface area contributed by atoms with Crippen LogP contribution in [-0.2, 0) is 15.7 Å². The summed E-state index contributed by atoms with van der Waals surface area (Å²) in [5, 5.41) is 9.68. The van der Waals surface area contributed by atoms with E-state index in [1.54, 1.807) is 25.7 Å². The monoisotopic (exact) mass is 548 g/mol. The number of alkyl halides is 3. The van der Waals surface area contributed by atoms with Crippen LogP contribution in [0.2, 0.25) is 0 Å². The molecule has 0 saturated carbocycles. The Labute approximate surface area is 224 Å². The van der Waals surface area contributed by atoms with Crippen LogP contribution < -0.4 is 4.90 Å². The van der Waals surface area contributed by atoms with Crippen molar-refractivity contribution in [1.29, 1.82) is 0 Å². The van der Waals surface area contributed by atoms with Gasteiger partial charge in [0, 0.05) is 38.4 Å². The first kappa shape index (κ1) is 28.1. The summed E-state index contributed by atoms with van der Waals surface area (Å²) >= 11 is 0. The van der Waals surface area contributed by atoms with Crippen LogP contribution in [0, 0.1) is 0 Å². The Hall–Kier alpha value is -3.96. The third kappa shape index (κ3) is 6.55. The molecule has 0 radical (unpaired) electrons. The summed E-state index contributed by atoms with van der Waals surface area (Å²) in [6, 6.07) is 9.19. The number of halogens is 3. The fourth-order valence-corrected chi connectivity index (χ4v) is 4.59. The lowest BCUT2D eigenvalue weighted by Crippen LogP contribution is -2.53. The Morgan fingerprint density at radius 2 is 1.59 bits per heavy atom. The van der Waals surface area contributed by atoms with Crippen molar-refractivity contribution in [2.24, 2.45) is 0 Å². The van der Waals surface area contributed by atoms with E-state index in [2.05, 4.69) is 0 Å². The highest BCUT2D eigenvalue weighted by Gasteiger charge is 2.41. The number of aromatic hydroxyl groups is 1. The maximum atomic E-state index is 13.5. The molecular weight excluding hydrogens is 517 g/mol. The number of rotatable bonds is 4. The van der Waals surface area contributed by atoms with Crippen molar-refractivity contribution in [1.82, 2.24) is 14.7 Å². The van der Waals surface area contributed by atoms with Crippen molar-refractivity contribution >= 4 is 23.7 Å². The van der Waals surface area contributed by atoms with E-state index in [1.807, 2.05) is 0 Å². The van der Waals surface area contributed by atoms with Gasteiger partial charge >= 0.3 is 18.3 Å². The van der Waals surface area contributed by atoms with E-state index >= 15 is 0 Å². The van der Waals surface area contributed by atoms with Crippen molar-refractivity contribution in [2.45, 2.75) is 38.6 Å². The van der Waals surface area contributed by atoms with E-state index in [4.69, 9.17) is 4.74 Å². The molecule has 0 unspecified atom stereocenters. The summed E-state index contributed by atoms with van der Waals surface area (Å²) in [5.41, 5.74) is -0.830. The van der Waals surface area contributed by atoms with Gasteiger partial charge in [0.15, 0.2) is 0 Å². The largest absolute Gasteiger partial charge is 0.508 e. The number of benzene rings is 2. The molecule has 0 spiro atoms. The summed E-state index contributed by atoms with van der Waals surface area (Å²) in [5.74, 6) is -0.360. The lowest BCUT2D eigenvalue weighted by Gasteiger charge is -2.36. The van der Waals surface area contributed by atoms with Crippen molar-refractivity contribution in [3.8, 4) is 5.75 Å². The van der Waals surface area contributed by atoms with E-state index in [9.17, 15) is 32.7 Å². The minimum absolute atomic E-state index is 0.00929. The van der Waals surface area contributed by atoms with Crippen molar-refractivity contribution in [3.63, 3.8) is 0 Å². The third-order valence-corrected chi connectivity index (χ3v) is 6.52. The zero-order chi connectivity index (χ0) is 28.5. The molecule has 0 aromatic heterocycles. The van der Waals surface area contributed by atoms with Gasteiger partial charge in [-0.25, -0.2) is 9.59 Å². The number of piperazine rings is 1. The molecule has 4 rings (SSSR count). The van der Waals surface area contributed by atoms with Gasteiger partial charge in [-0.1, -0.05) is 12.1 Å². The first-order chi connectivity index (χ1) is 18.2. The molecule has 9 nitrogen and oxygen atoms in total. The van der Waals surface area contributed by atoms with Crippen LogP contribution in [0.1, 0.15) is 37.9 Å². The molecule has 2 aromatic rings. The molecule has 1 atom stereocenters. The Bertz CT molecular complexity index is 1220. The zero-order valence-corrected chi connectivity index (χ0v) is 21.9. The average molecular weight is 549 g/mol. The Kier molecular flexibility index (Phi) is 7.67. The highest BCUT2D eigenvalue weighted by atomic mass is 19.4. The van der Waals surface area contributed by atoms with Crippen LogP contribution in [0.3, 0.4) is 0 Å². The number of carbonyl (C=O) groups is 3. The molecule has 0 aliphatic carbocycles. The quantitative estimate of drug-likeness (QED) is 0.609. The van der Waals surface area contributed by atoms with Gasteiger partial charge in [0.25, 0.3) is 0 Å². The highest BCUT2D eigenvalue weighted by Crippen LogP contribution is 2.37. The van der Waals surface area contributed by atoms with Gasteiger partial charge in [0.1, 0.15) is 17.9 Å². The van der Waals surface area contributed by atoms with Crippen LogP contribution in [0.5, 0.6) is 5.75 Å². The topological polar surface area (TPSA) is 93.6 Å². The Morgan fingerprint density at radius 1 is 0.974 bits per heavy atom. The molecule has 2 aliphatic heterocycles. The van der Waals surface area contributed by atoms with Gasteiger partial charge in [-0.3, -0.25) is 9.69 Å². The number of phenols is 1. The summed E-state index contributed by atoms with van der Waals surface area (Å²) in [6.45, 7) is 6.11. The van der Waals surface area contributed by atoms with Gasteiger partial charge in [-0.05, 0) is 62.7 Å². The summed E-state index contributed by atoms with van der Waals surface area (Å²) < 4.78 is 45.6. The lowest BCUT2D eigenvalue weighted by atomic mass is 10.0. The molecule has 2 aromatic carbocycles. The molecule has 39 heavy (non-hydrogen) atoms. The van der Waals surface area contributed by atoms with E-state index < -0.39 is 35.5 Å². The number of ether oxygens (including phenoxy) is 1. The molecular formula is C27H31F3N4O5. The maximum absolute atomic E-state index is 13.5. The predicted octanol–water partition coefficient (Wildman–Crippen LogP) is 4.47. The number of nitrogens with zero attached hydrogens (tertiary/aromatic N) is 4. The van der Waals surface area contributed by atoms with Crippen LogP contribution in [0.15, 0.2) is 48.5 Å². The second kappa shape index (κ2) is 10.7. The van der Waals surface area contributed by atoms with Gasteiger partial charge in [0.05, 0.1) is 11.6 Å². The fraction of sp³-hybridized carbons (Fsp3) is 0.444. The normalized spacial score (nSPS) is 18.5. The molecule has 0 bridgehead atoms. The number of phenolic OH excluding ortho intramolecular Hbond substituents is 1. The van der Waals surface area contributed by atoms with Crippen molar-refractivity contribution < 1.29 is 37.4 Å². The molecule has 2 aliphatic rings. The summed E-state index contributed by atoms with van der Waals surface area (Å²) in [7, 11) is 0. The molecule has 2 fully saturated rings. The number of hydrogen-bond acceptors (Lipinski definition) is 5. The van der Waals surface area contributed by atoms with Gasteiger partial charge < -0.3 is 24.5 Å². The van der Waals surface area contributed by atoms with Crippen molar-refractivity contribution in [2.75, 3.05) is 44.2 Å². The lowest BCUT2D eigenvalue weighted by molar-refractivity contribution is -0.137. The summed E-state index contributed by atoms with van der Waals surface area (Å²) in [6.07, 6.45) is -5.02. The Morgan fingerprint density at radius 3 is 2.18 bits per heavy atom. The number of amides is 4. The molecule has 2 heterocycles. The number of anilines is 1. The minimum atomic E-state index is -4.56. The molecule has 2 saturated heterocycles. The Balaban J connectivity index is 1.49. The van der Waals surface area contributed by atoms with Crippen LogP contribution in [0.25, 0.3) is 0 Å². The predicted molar refractivity (Wildman–Crippen MR) is 136 cm³/mol. The van der Waals surface area contributed by atoms with Crippen molar-refractivity contribution in [3.05, 3.63) is 59.7 Å². The second-order valence-electron chi connectivity index (χ2n) is 10.5. The first-order valence-electron chi connectivity index (χ1n) is 12.5. The zero-order valence-electron chi connectivity index (χ0n) is 21.9. The minimum Gasteiger partial charge on any atom is -0.508 e. The van der Waals surface area contributed by atoms with Gasteiger partial charge in [-0.15, -0.1) is 0 Å².